The van der Waals surface area contributed by atoms with Crippen molar-refractivity contribution in [3.63, 3.8) is 0 Å². The van der Waals surface area contributed by atoms with Gasteiger partial charge in [-0.2, -0.15) is 0 Å². The molecule has 0 bridgehead atoms. The molecule has 0 aromatic heterocycles. The highest BCUT2D eigenvalue weighted by Gasteiger charge is 2.37. The zero-order valence-corrected chi connectivity index (χ0v) is 13.6. The third kappa shape index (κ3) is 2.99. The molecule has 0 spiro atoms. The Balaban J connectivity index is 2.01. The average molecular weight is 312 g/mol. The Kier molecular flexibility index (Phi) is 3.72. The van der Waals surface area contributed by atoms with Crippen molar-refractivity contribution >= 4 is 28.5 Å². The number of hydrogen-bond acceptors (Lipinski definition) is 3. The van der Waals surface area contributed by atoms with Gasteiger partial charge in [0, 0.05) is 11.8 Å². The summed E-state index contributed by atoms with van der Waals surface area (Å²) in [5.74, 6) is -0.104. The smallest absolute Gasteiger partial charge is 0.429 e. The number of hydrogen-bond donors (Lipinski definition) is 0. The molecule has 3 rings (SSSR count). The zero-order valence-electron chi connectivity index (χ0n) is 13.6. The van der Waals surface area contributed by atoms with Crippen LogP contribution in [-0.2, 0) is 9.53 Å². The van der Waals surface area contributed by atoms with Gasteiger partial charge < -0.3 is 4.74 Å². The number of carbonyl (C=O) groups is 2. The SMILES string of the molecule is CC(C)(C)OC(=O)N1CCC(=O)N1c1cccc2ccccc12. The van der Waals surface area contributed by atoms with Crippen LogP contribution in [0, 0.1) is 0 Å². The van der Waals surface area contributed by atoms with Crippen LogP contribution in [-0.4, -0.2) is 29.2 Å². The van der Waals surface area contributed by atoms with Crippen LogP contribution in [0.5, 0.6) is 0 Å². The highest BCUT2D eigenvalue weighted by molar-refractivity contribution is 6.06. The first-order chi connectivity index (χ1) is 10.9. The quantitative estimate of drug-likeness (QED) is 0.806. The van der Waals surface area contributed by atoms with Crippen molar-refractivity contribution in [2.45, 2.75) is 32.8 Å². The van der Waals surface area contributed by atoms with E-state index in [-0.39, 0.29) is 5.91 Å². The number of rotatable bonds is 1. The summed E-state index contributed by atoms with van der Waals surface area (Å²) in [5, 5.41) is 4.78. The Morgan fingerprint density at radius 2 is 1.78 bits per heavy atom. The topological polar surface area (TPSA) is 49.9 Å². The predicted molar refractivity (Wildman–Crippen MR) is 89.0 cm³/mol. The lowest BCUT2D eigenvalue weighted by Crippen LogP contribution is -2.45. The lowest BCUT2D eigenvalue weighted by atomic mass is 10.1. The maximum absolute atomic E-state index is 12.4. The van der Waals surface area contributed by atoms with E-state index in [2.05, 4.69) is 0 Å². The number of nitrogens with zero attached hydrogens (tertiary/aromatic N) is 2. The summed E-state index contributed by atoms with van der Waals surface area (Å²) in [6, 6.07) is 13.5. The van der Waals surface area contributed by atoms with Crippen LogP contribution in [0.2, 0.25) is 0 Å². The molecule has 1 fully saturated rings. The minimum absolute atomic E-state index is 0.104. The number of anilines is 1. The highest BCUT2D eigenvalue weighted by Crippen LogP contribution is 2.31. The monoisotopic (exact) mass is 312 g/mol. The molecule has 5 heteroatoms. The van der Waals surface area contributed by atoms with Gasteiger partial charge in [0.1, 0.15) is 5.60 Å². The van der Waals surface area contributed by atoms with E-state index >= 15 is 0 Å². The molecule has 0 saturated carbocycles. The van der Waals surface area contributed by atoms with Gasteiger partial charge in [0.25, 0.3) is 0 Å². The van der Waals surface area contributed by atoms with Gasteiger partial charge in [-0.05, 0) is 32.2 Å². The average Bonchev–Trinajstić information content (AvgIpc) is 2.87. The fourth-order valence-corrected chi connectivity index (χ4v) is 2.69. The summed E-state index contributed by atoms with van der Waals surface area (Å²) in [6.45, 7) is 5.76. The summed E-state index contributed by atoms with van der Waals surface area (Å²) < 4.78 is 5.43. The van der Waals surface area contributed by atoms with Crippen molar-refractivity contribution in [1.82, 2.24) is 5.01 Å². The van der Waals surface area contributed by atoms with E-state index in [1.807, 2.05) is 63.2 Å². The number of carbonyl (C=O) groups excluding carboxylic acids is 2. The van der Waals surface area contributed by atoms with E-state index in [4.69, 9.17) is 4.74 Å². The molecular formula is C18H20N2O3. The molecule has 0 atom stereocenters. The van der Waals surface area contributed by atoms with Crippen LogP contribution in [0.25, 0.3) is 10.8 Å². The van der Waals surface area contributed by atoms with Crippen LogP contribution in [0.15, 0.2) is 42.5 Å². The molecule has 1 saturated heterocycles. The van der Waals surface area contributed by atoms with Crippen LogP contribution in [0.3, 0.4) is 0 Å². The molecule has 1 heterocycles. The maximum Gasteiger partial charge on any atom is 0.429 e. The summed E-state index contributed by atoms with van der Waals surface area (Å²) in [5.41, 5.74) is 0.101. The van der Waals surface area contributed by atoms with E-state index in [9.17, 15) is 9.59 Å². The highest BCUT2D eigenvalue weighted by atomic mass is 16.6. The Bertz CT molecular complexity index is 759. The molecule has 5 nitrogen and oxygen atoms in total. The van der Waals surface area contributed by atoms with Crippen LogP contribution < -0.4 is 5.01 Å². The molecule has 1 aliphatic rings. The van der Waals surface area contributed by atoms with Crippen LogP contribution in [0.4, 0.5) is 10.5 Å². The Morgan fingerprint density at radius 3 is 2.52 bits per heavy atom. The fraction of sp³-hybridized carbons (Fsp3) is 0.333. The van der Waals surface area contributed by atoms with Crippen molar-refractivity contribution in [2.75, 3.05) is 11.6 Å². The van der Waals surface area contributed by atoms with Gasteiger partial charge >= 0.3 is 6.09 Å². The second-order valence-corrected chi connectivity index (χ2v) is 6.56. The van der Waals surface area contributed by atoms with Gasteiger partial charge in [0.2, 0.25) is 5.91 Å². The molecule has 0 N–H and O–H groups in total. The van der Waals surface area contributed by atoms with E-state index in [1.54, 1.807) is 0 Å². The van der Waals surface area contributed by atoms with Crippen LogP contribution in [0.1, 0.15) is 27.2 Å². The third-order valence-electron chi connectivity index (χ3n) is 3.61. The Morgan fingerprint density at radius 1 is 1.09 bits per heavy atom. The predicted octanol–water partition coefficient (Wildman–Crippen LogP) is 3.73. The number of fused-ring (bicyclic) bond motifs is 1. The van der Waals surface area contributed by atoms with Crippen LogP contribution >= 0.6 is 0 Å². The second-order valence-electron chi connectivity index (χ2n) is 6.56. The van der Waals surface area contributed by atoms with Crippen molar-refractivity contribution in [3.05, 3.63) is 42.5 Å². The second kappa shape index (κ2) is 5.57. The number of amides is 2. The first-order valence-electron chi connectivity index (χ1n) is 7.68. The minimum Gasteiger partial charge on any atom is -0.442 e. The normalized spacial score (nSPS) is 15.3. The standard InChI is InChI=1S/C18H20N2O3/c1-18(2,3)23-17(22)19-12-11-16(21)20(19)15-10-6-8-13-7-4-5-9-14(13)15/h4-10H,11-12H2,1-3H3. The number of hydrazine groups is 1. The van der Waals surface area contributed by atoms with Crippen molar-refractivity contribution in [2.24, 2.45) is 0 Å². The summed E-state index contributed by atoms with van der Waals surface area (Å²) in [7, 11) is 0. The van der Waals surface area contributed by atoms with Gasteiger partial charge in [-0.15, -0.1) is 0 Å². The lowest BCUT2D eigenvalue weighted by molar-refractivity contribution is -0.118. The molecular weight excluding hydrogens is 292 g/mol. The summed E-state index contributed by atoms with van der Waals surface area (Å²) in [4.78, 5) is 24.8. The van der Waals surface area contributed by atoms with E-state index in [0.29, 0.717) is 18.7 Å². The van der Waals surface area contributed by atoms with Crippen molar-refractivity contribution in [3.8, 4) is 0 Å². The van der Waals surface area contributed by atoms with E-state index in [0.717, 1.165) is 10.8 Å². The Hall–Kier alpha value is -2.56. The van der Waals surface area contributed by atoms with Crippen molar-refractivity contribution in [1.29, 1.82) is 0 Å². The van der Waals surface area contributed by atoms with Gasteiger partial charge in [-0.3, -0.25) is 4.79 Å². The molecule has 0 aliphatic carbocycles. The summed E-state index contributed by atoms with van der Waals surface area (Å²) in [6.07, 6.45) is -0.209. The first kappa shape index (κ1) is 15.3. The molecule has 1 aliphatic heterocycles. The van der Waals surface area contributed by atoms with Gasteiger partial charge in [-0.1, -0.05) is 36.4 Å². The van der Waals surface area contributed by atoms with E-state index < -0.39 is 11.7 Å². The largest absolute Gasteiger partial charge is 0.442 e. The molecule has 2 aromatic carbocycles. The third-order valence-corrected chi connectivity index (χ3v) is 3.61. The van der Waals surface area contributed by atoms with Crippen molar-refractivity contribution < 1.29 is 14.3 Å². The fourth-order valence-electron chi connectivity index (χ4n) is 2.69. The summed E-state index contributed by atoms with van der Waals surface area (Å²) >= 11 is 0. The number of benzene rings is 2. The molecule has 0 unspecified atom stereocenters. The van der Waals surface area contributed by atoms with Gasteiger partial charge in [-0.25, -0.2) is 14.8 Å². The first-order valence-corrected chi connectivity index (χ1v) is 7.68. The molecule has 120 valence electrons. The lowest BCUT2D eigenvalue weighted by Gasteiger charge is -2.31. The zero-order chi connectivity index (χ0) is 16.6. The van der Waals surface area contributed by atoms with Gasteiger partial charge in [0.15, 0.2) is 0 Å². The molecule has 0 radical (unpaired) electrons. The Labute approximate surface area is 135 Å². The molecule has 23 heavy (non-hydrogen) atoms. The van der Waals surface area contributed by atoms with Gasteiger partial charge in [0.05, 0.1) is 12.2 Å². The number of ether oxygens (including phenoxy) is 1. The molecule has 2 amide bonds. The molecule has 2 aromatic rings. The van der Waals surface area contributed by atoms with E-state index in [1.165, 1.54) is 10.0 Å². The maximum atomic E-state index is 12.4. The minimum atomic E-state index is -0.604.